The number of ether oxygens (including phenoxy) is 1. The highest BCUT2D eigenvalue weighted by Gasteiger charge is 2.38. The van der Waals surface area contributed by atoms with Crippen molar-refractivity contribution in [1.82, 2.24) is 24.4 Å². The first-order chi connectivity index (χ1) is 15.4. The first-order valence-corrected chi connectivity index (χ1v) is 12.5. The van der Waals surface area contributed by atoms with Crippen molar-refractivity contribution in [3.8, 4) is 0 Å². The van der Waals surface area contributed by atoms with Gasteiger partial charge in [-0.15, -0.1) is 0 Å². The first-order valence-electron chi connectivity index (χ1n) is 11.0. The van der Waals surface area contributed by atoms with Gasteiger partial charge in [0.15, 0.2) is 0 Å². The molecular formula is C20H30N6O5S. The van der Waals surface area contributed by atoms with Crippen molar-refractivity contribution in [3.05, 3.63) is 18.3 Å². The number of nitrogens with one attached hydrogen (secondary N) is 1. The molecular weight excluding hydrogens is 436 g/mol. The highest BCUT2D eigenvalue weighted by atomic mass is 32.2. The Labute approximate surface area is 188 Å². The third kappa shape index (κ3) is 4.72. The monoisotopic (exact) mass is 466 g/mol. The number of rotatable bonds is 7. The van der Waals surface area contributed by atoms with Gasteiger partial charge in [0.05, 0.1) is 19.9 Å². The minimum atomic E-state index is -3.56. The number of nitrogens with zero attached hydrogens (tertiary/aromatic N) is 5. The van der Waals surface area contributed by atoms with Crippen molar-refractivity contribution in [2.24, 2.45) is 0 Å². The molecule has 0 bridgehead atoms. The predicted octanol–water partition coefficient (Wildman–Crippen LogP) is -0.0975. The van der Waals surface area contributed by atoms with E-state index in [1.165, 1.54) is 15.4 Å². The Bertz CT molecular complexity index is 926. The molecule has 3 aliphatic heterocycles. The molecule has 12 heteroatoms. The van der Waals surface area contributed by atoms with E-state index < -0.39 is 16.1 Å². The standard InChI is InChI=1S/C20H30N6O5S/c1-2-3-17-19(27)26(20(28)22-17)15-23-6-8-24(9-7-23)18-5-4-16(14-21-18)32(29,30)25-10-12-31-13-11-25/h4-5,14,17H,2-3,6-13,15H2,1H3,(H,22,28)/t17-/m1/s1. The van der Waals surface area contributed by atoms with Gasteiger partial charge in [-0.3, -0.25) is 9.69 Å². The molecule has 3 aliphatic rings. The molecule has 176 valence electrons. The number of carbonyl (C=O) groups excluding carboxylic acids is 2. The lowest BCUT2D eigenvalue weighted by atomic mass is 10.2. The van der Waals surface area contributed by atoms with Crippen molar-refractivity contribution in [3.63, 3.8) is 0 Å². The van der Waals surface area contributed by atoms with Crippen LogP contribution in [-0.4, -0.2) is 105 Å². The van der Waals surface area contributed by atoms with Crippen LogP contribution < -0.4 is 10.2 Å². The normalized spacial score (nSPS) is 23.6. The summed E-state index contributed by atoms with van der Waals surface area (Å²) in [5.41, 5.74) is 0. The number of hydrogen-bond acceptors (Lipinski definition) is 8. The van der Waals surface area contributed by atoms with Crippen LogP contribution in [0.1, 0.15) is 19.8 Å². The van der Waals surface area contributed by atoms with Crippen LogP contribution in [0.4, 0.5) is 10.6 Å². The number of urea groups is 1. The molecule has 1 N–H and O–H groups in total. The van der Waals surface area contributed by atoms with Gasteiger partial charge in [0.2, 0.25) is 10.0 Å². The number of hydrogen-bond donors (Lipinski definition) is 1. The second-order valence-electron chi connectivity index (χ2n) is 8.17. The molecule has 4 rings (SSSR count). The molecule has 0 radical (unpaired) electrons. The summed E-state index contributed by atoms with van der Waals surface area (Å²) in [4.78, 5) is 34.6. The lowest BCUT2D eigenvalue weighted by Crippen LogP contribution is -2.51. The van der Waals surface area contributed by atoms with E-state index in [4.69, 9.17) is 4.74 Å². The molecule has 4 heterocycles. The van der Waals surface area contributed by atoms with Crippen LogP contribution in [0, 0.1) is 0 Å². The highest BCUT2D eigenvalue weighted by molar-refractivity contribution is 7.89. The number of sulfonamides is 1. The average molecular weight is 467 g/mol. The van der Waals surface area contributed by atoms with Crippen molar-refractivity contribution in [1.29, 1.82) is 0 Å². The van der Waals surface area contributed by atoms with Gasteiger partial charge >= 0.3 is 6.03 Å². The number of morpholine rings is 1. The molecule has 0 aliphatic carbocycles. The molecule has 32 heavy (non-hydrogen) atoms. The minimum Gasteiger partial charge on any atom is -0.379 e. The van der Waals surface area contributed by atoms with E-state index in [2.05, 4.69) is 20.1 Å². The van der Waals surface area contributed by atoms with E-state index in [0.29, 0.717) is 64.7 Å². The Morgan fingerprint density at radius 1 is 1.09 bits per heavy atom. The van der Waals surface area contributed by atoms with E-state index in [1.54, 1.807) is 12.1 Å². The number of carbonyl (C=O) groups is 2. The fourth-order valence-electron chi connectivity index (χ4n) is 4.16. The summed E-state index contributed by atoms with van der Waals surface area (Å²) in [5.74, 6) is 0.557. The summed E-state index contributed by atoms with van der Waals surface area (Å²) in [6.45, 7) is 6.46. The van der Waals surface area contributed by atoms with Crippen molar-refractivity contribution in [2.75, 3.05) is 64.1 Å². The fraction of sp³-hybridized carbons (Fsp3) is 0.650. The molecule has 3 saturated heterocycles. The van der Waals surface area contributed by atoms with Gasteiger partial charge in [-0.25, -0.2) is 23.1 Å². The topological polar surface area (TPSA) is 115 Å². The van der Waals surface area contributed by atoms with Gasteiger partial charge in [-0.2, -0.15) is 4.31 Å². The summed E-state index contributed by atoms with van der Waals surface area (Å²) in [6, 6.07) is 2.59. The Hall–Kier alpha value is -2.28. The second-order valence-corrected chi connectivity index (χ2v) is 10.1. The molecule has 1 atom stereocenters. The van der Waals surface area contributed by atoms with Crippen molar-refractivity contribution >= 4 is 27.8 Å². The zero-order valence-electron chi connectivity index (χ0n) is 18.3. The minimum absolute atomic E-state index is 0.155. The van der Waals surface area contributed by atoms with E-state index in [0.717, 1.165) is 6.42 Å². The number of amides is 3. The second kappa shape index (κ2) is 9.69. The van der Waals surface area contributed by atoms with Crippen molar-refractivity contribution < 1.29 is 22.7 Å². The zero-order valence-corrected chi connectivity index (χ0v) is 19.1. The largest absolute Gasteiger partial charge is 0.379 e. The number of imide groups is 1. The summed E-state index contributed by atoms with van der Waals surface area (Å²) < 4.78 is 32.1. The molecule has 0 unspecified atom stereocenters. The van der Waals surface area contributed by atoms with E-state index >= 15 is 0 Å². The molecule has 3 fully saturated rings. The van der Waals surface area contributed by atoms with Crippen LogP contribution >= 0.6 is 0 Å². The molecule has 11 nitrogen and oxygen atoms in total. The Morgan fingerprint density at radius 2 is 1.81 bits per heavy atom. The van der Waals surface area contributed by atoms with Crippen LogP contribution in [-0.2, 0) is 19.6 Å². The smallest absolute Gasteiger partial charge is 0.325 e. The molecule has 0 aromatic carbocycles. The van der Waals surface area contributed by atoms with E-state index in [1.807, 2.05) is 6.92 Å². The molecule has 1 aromatic rings. The fourth-order valence-corrected chi connectivity index (χ4v) is 5.52. The maximum Gasteiger partial charge on any atom is 0.325 e. The Morgan fingerprint density at radius 3 is 2.44 bits per heavy atom. The van der Waals surface area contributed by atoms with Gasteiger partial charge in [-0.1, -0.05) is 13.3 Å². The lowest BCUT2D eigenvalue weighted by molar-refractivity contribution is -0.129. The van der Waals surface area contributed by atoms with Gasteiger partial charge in [-0.05, 0) is 18.6 Å². The maximum atomic E-state index is 12.7. The summed E-state index contributed by atoms with van der Waals surface area (Å²) in [6.07, 6.45) is 2.90. The lowest BCUT2D eigenvalue weighted by Gasteiger charge is -2.36. The van der Waals surface area contributed by atoms with E-state index in [9.17, 15) is 18.0 Å². The summed E-state index contributed by atoms with van der Waals surface area (Å²) in [7, 11) is -3.56. The summed E-state index contributed by atoms with van der Waals surface area (Å²) >= 11 is 0. The van der Waals surface area contributed by atoms with Crippen molar-refractivity contribution in [2.45, 2.75) is 30.7 Å². The quantitative estimate of drug-likeness (QED) is 0.554. The van der Waals surface area contributed by atoms with Gasteiger partial charge in [0, 0.05) is 45.5 Å². The average Bonchev–Trinajstić information content (AvgIpc) is 3.08. The number of anilines is 1. The SMILES string of the molecule is CCC[C@H]1NC(=O)N(CN2CCN(c3ccc(S(=O)(=O)N4CCOCC4)cn3)CC2)C1=O. The van der Waals surface area contributed by atoms with Crippen LogP contribution in [0.3, 0.4) is 0 Å². The zero-order chi connectivity index (χ0) is 22.7. The van der Waals surface area contributed by atoms with E-state index in [-0.39, 0.29) is 23.5 Å². The van der Waals surface area contributed by atoms with Crippen LogP contribution in [0.5, 0.6) is 0 Å². The number of pyridine rings is 1. The molecule has 3 amide bonds. The first kappa shape index (κ1) is 22.9. The molecule has 0 spiro atoms. The third-order valence-electron chi connectivity index (χ3n) is 6.05. The number of aromatic nitrogens is 1. The van der Waals surface area contributed by atoms with Gasteiger partial charge < -0.3 is 15.0 Å². The Balaban J connectivity index is 1.32. The van der Waals surface area contributed by atoms with Crippen LogP contribution in [0.2, 0.25) is 0 Å². The highest BCUT2D eigenvalue weighted by Crippen LogP contribution is 2.20. The number of piperazine rings is 1. The van der Waals surface area contributed by atoms with Crippen LogP contribution in [0.25, 0.3) is 0 Å². The predicted molar refractivity (Wildman–Crippen MR) is 117 cm³/mol. The Kier molecular flexibility index (Phi) is 6.93. The summed E-state index contributed by atoms with van der Waals surface area (Å²) in [5, 5.41) is 2.75. The van der Waals surface area contributed by atoms with Gasteiger partial charge in [0.25, 0.3) is 5.91 Å². The van der Waals surface area contributed by atoms with Crippen LogP contribution in [0.15, 0.2) is 23.2 Å². The maximum absolute atomic E-state index is 12.7. The third-order valence-corrected chi connectivity index (χ3v) is 7.93. The van der Waals surface area contributed by atoms with Gasteiger partial charge in [0.1, 0.15) is 16.8 Å². The molecule has 1 aromatic heterocycles. The molecule has 0 saturated carbocycles.